The smallest absolute Gasteiger partial charge is 0.254 e. The van der Waals surface area contributed by atoms with Crippen LogP contribution in [0.1, 0.15) is 17.3 Å². The molecule has 0 bridgehead atoms. The Morgan fingerprint density at radius 2 is 1.92 bits per heavy atom. The number of para-hydroxylation sites is 1. The first kappa shape index (κ1) is 17.5. The van der Waals surface area contributed by atoms with E-state index in [1.807, 2.05) is 55.5 Å². The van der Waals surface area contributed by atoms with Crippen LogP contribution in [0.2, 0.25) is 0 Å². The van der Waals surface area contributed by atoms with Gasteiger partial charge in [-0.2, -0.15) is 0 Å². The minimum atomic E-state index is -0.628. The van der Waals surface area contributed by atoms with Crippen molar-refractivity contribution < 1.29 is 19.4 Å². The second-order valence-corrected chi connectivity index (χ2v) is 6.04. The van der Waals surface area contributed by atoms with Gasteiger partial charge in [-0.1, -0.05) is 30.3 Å². The Hall–Kier alpha value is -2.37. The van der Waals surface area contributed by atoms with Crippen LogP contribution in [0.4, 0.5) is 0 Å². The molecule has 0 aliphatic carbocycles. The van der Waals surface area contributed by atoms with Gasteiger partial charge in [-0.15, -0.1) is 0 Å². The Morgan fingerprint density at radius 3 is 2.52 bits per heavy atom. The molecule has 5 heteroatoms. The maximum Gasteiger partial charge on any atom is 0.254 e. The highest BCUT2D eigenvalue weighted by Crippen LogP contribution is 2.29. The van der Waals surface area contributed by atoms with E-state index in [-0.39, 0.29) is 18.6 Å². The molecule has 0 saturated carbocycles. The van der Waals surface area contributed by atoms with Gasteiger partial charge >= 0.3 is 0 Å². The van der Waals surface area contributed by atoms with Gasteiger partial charge in [0.2, 0.25) is 0 Å². The summed E-state index contributed by atoms with van der Waals surface area (Å²) in [6, 6.07) is 15.0. The number of ether oxygens (including phenoxy) is 2. The lowest BCUT2D eigenvalue weighted by molar-refractivity contribution is 0.0520. The van der Waals surface area contributed by atoms with Gasteiger partial charge in [0, 0.05) is 17.7 Å². The monoisotopic (exact) mass is 341 g/mol. The summed E-state index contributed by atoms with van der Waals surface area (Å²) in [5.41, 5.74) is 2.57. The number of benzene rings is 2. The van der Waals surface area contributed by atoms with Crippen molar-refractivity contribution in [2.24, 2.45) is 0 Å². The number of aliphatic hydroxyl groups is 1. The molecule has 2 aromatic rings. The highest BCUT2D eigenvalue weighted by Gasteiger charge is 2.34. The molecule has 25 heavy (non-hydrogen) atoms. The first-order valence-corrected chi connectivity index (χ1v) is 8.46. The molecule has 0 spiro atoms. The number of amides is 1. The molecule has 0 radical (unpaired) electrons. The molecule has 0 unspecified atom stereocenters. The number of aliphatic hydroxyl groups excluding tert-OH is 1. The van der Waals surface area contributed by atoms with Gasteiger partial charge in [0.05, 0.1) is 32.5 Å². The molecule has 1 aliphatic heterocycles. The van der Waals surface area contributed by atoms with Crippen molar-refractivity contribution in [1.29, 1.82) is 0 Å². The summed E-state index contributed by atoms with van der Waals surface area (Å²) < 4.78 is 10.7. The second kappa shape index (κ2) is 7.68. The maximum absolute atomic E-state index is 12.8. The topological polar surface area (TPSA) is 59.0 Å². The van der Waals surface area contributed by atoms with E-state index in [9.17, 15) is 9.90 Å². The van der Waals surface area contributed by atoms with Crippen LogP contribution in [-0.4, -0.2) is 54.9 Å². The molecule has 2 atom stereocenters. The molecule has 1 fully saturated rings. The van der Waals surface area contributed by atoms with Crippen LogP contribution >= 0.6 is 0 Å². The SMILES string of the molecule is CCN(C(=O)c1ccc(-c2ccccc2OC)cc1)[C@H]1COC[C@@H]1O. The molecule has 132 valence electrons. The average molecular weight is 341 g/mol. The van der Waals surface area contributed by atoms with Crippen LogP contribution in [0.3, 0.4) is 0 Å². The number of likely N-dealkylation sites (N-methyl/N-ethyl adjacent to an activating group) is 1. The third-order valence-electron chi connectivity index (χ3n) is 4.57. The molecule has 1 N–H and O–H groups in total. The molecular formula is C20H23NO4. The summed E-state index contributed by atoms with van der Waals surface area (Å²) in [6.07, 6.45) is -0.628. The van der Waals surface area contributed by atoms with Crippen LogP contribution in [-0.2, 0) is 4.74 Å². The molecule has 1 amide bonds. The van der Waals surface area contributed by atoms with E-state index in [4.69, 9.17) is 9.47 Å². The Labute approximate surface area is 147 Å². The zero-order valence-electron chi connectivity index (χ0n) is 14.5. The zero-order chi connectivity index (χ0) is 17.8. The number of rotatable bonds is 5. The van der Waals surface area contributed by atoms with E-state index in [1.165, 1.54) is 0 Å². The van der Waals surface area contributed by atoms with Crippen molar-refractivity contribution in [2.45, 2.75) is 19.1 Å². The minimum absolute atomic E-state index is 0.0939. The van der Waals surface area contributed by atoms with E-state index in [0.29, 0.717) is 18.7 Å². The van der Waals surface area contributed by atoms with E-state index in [1.54, 1.807) is 12.0 Å². The predicted octanol–water partition coefficient (Wildman–Crippen LogP) is 2.58. The zero-order valence-corrected chi connectivity index (χ0v) is 14.5. The average Bonchev–Trinajstić information content (AvgIpc) is 3.08. The Morgan fingerprint density at radius 1 is 1.20 bits per heavy atom. The van der Waals surface area contributed by atoms with Gasteiger partial charge in [-0.05, 0) is 30.7 Å². The molecule has 1 saturated heterocycles. The predicted molar refractivity (Wildman–Crippen MR) is 95.8 cm³/mol. The molecule has 3 rings (SSSR count). The lowest BCUT2D eigenvalue weighted by atomic mass is 10.0. The van der Waals surface area contributed by atoms with Crippen molar-refractivity contribution >= 4 is 5.91 Å². The third kappa shape index (κ3) is 3.52. The largest absolute Gasteiger partial charge is 0.496 e. The maximum atomic E-state index is 12.8. The van der Waals surface area contributed by atoms with Crippen LogP contribution in [0, 0.1) is 0 Å². The lowest BCUT2D eigenvalue weighted by Crippen LogP contribution is -2.46. The molecule has 1 heterocycles. The van der Waals surface area contributed by atoms with Gasteiger partial charge in [0.15, 0.2) is 0 Å². The summed E-state index contributed by atoms with van der Waals surface area (Å²) in [4.78, 5) is 14.5. The third-order valence-corrected chi connectivity index (χ3v) is 4.57. The first-order valence-electron chi connectivity index (χ1n) is 8.46. The van der Waals surface area contributed by atoms with E-state index in [0.717, 1.165) is 16.9 Å². The summed E-state index contributed by atoms with van der Waals surface area (Å²) >= 11 is 0. The summed E-state index contributed by atoms with van der Waals surface area (Å²) in [6.45, 7) is 3.09. The van der Waals surface area contributed by atoms with Gasteiger partial charge in [-0.25, -0.2) is 0 Å². The van der Waals surface area contributed by atoms with Crippen LogP contribution in [0.25, 0.3) is 11.1 Å². The number of methoxy groups -OCH3 is 1. The first-order chi connectivity index (χ1) is 12.2. The summed E-state index contributed by atoms with van der Waals surface area (Å²) in [7, 11) is 1.64. The quantitative estimate of drug-likeness (QED) is 0.908. The van der Waals surface area contributed by atoms with E-state index >= 15 is 0 Å². The van der Waals surface area contributed by atoms with Crippen molar-refractivity contribution in [2.75, 3.05) is 26.9 Å². The number of nitrogens with zero attached hydrogens (tertiary/aromatic N) is 1. The molecule has 2 aromatic carbocycles. The van der Waals surface area contributed by atoms with E-state index < -0.39 is 6.10 Å². The fourth-order valence-electron chi connectivity index (χ4n) is 3.20. The van der Waals surface area contributed by atoms with Crippen molar-refractivity contribution in [1.82, 2.24) is 4.90 Å². The Bertz CT molecular complexity index is 729. The van der Waals surface area contributed by atoms with Crippen molar-refractivity contribution in [3.8, 4) is 16.9 Å². The molecule has 5 nitrogen and oxygen atoms in total. The normalized spacial score (nSPS) is 19.6. The van der Waals surface area contributed by atoms with Crippen molar-refractivity contribution in [3.05, 3.63) is 54.1 Å². The van der Waals surface area contributed by atoms with Crippen molar-refractivity contribution in [3.63, 3.8) is 0 Å². The van der Waals surface area contributed by atoms with Gasteiger partial charge in [0.25, 0.3) is 5.91 Å². The number of carbonyl (C=O) groups excluding carboxylic acids is 1. The van der Waals surface area contributed by atoms with Gasteiger partial charge in [-0.3, -0.25) is 4.79 Å². The lowest BCUT2D eigenvalue weighted by Gasteiger charge is -2.28. The second-order valence-electron chi connectivity index (χ2n) is 6.04. The standard InChI is InChI=1S/C20H23NO4/c1-3-21(17-12-25-13-18(17)22)20(23)15-10-8-14(9-11-15)16-6-4-5-7-19(16)24-2/h4-11,17-18,22H,3,12-13H2,1-2H3/t17-,18-/m0/s1. The fourth-order valence-corrected chi connectivity index (χ4v) is 3.20. The number of hydrogen-bond acceptors (Lipinski definition) is 4. The Kier molecular flexibility index (Phi) is 5.36. The van der Waals surface area contributed by atoms with Crippen LogP contribution in [0.15, 0.2) is 48.5 Å². The minimum Gasteiger partial charge on any atom is -0.496 e. The summed E-state index contributed by atoms with van der Waals surface area (Å²) in [5.74, 6) is 0.701. The Balaban J connectivity index is 1.83. The van der Waals surface area contributed by atoms with Crippen LogP contribution in [0.5, 0.6) is 5.75 Å². The van der Waals surface area contributed by atoms with Crippen LogP contribution < -0.4 is 4.74 Å². The number of hydrogen-bond donors (Lipinski definition) is 1. The molecule has 1 aliphatic rings. The van der Waals surface area contributed by atoms with E-state index in [2.05, 4.69) is 0 Å². The number of carbonyl (C=O) groups is 1. The summed E-state index contributed by atoms with van der Waals surface area (Å²) in [5, 5.41) is 10.0. The highest BCUT2D eigenvalue weighted by atomic mass is 16.5. The fraction of sp³-hybridized carbons (Fsp3) is 0.350. The molecule has 0 aromatic heterocycles. The highest BCUT2D eigenvalue weighted by molar-refractivity contribution is 5.95. The molecular weight excluding hydrogens is 318 g/mol. The van der Waals surface area contributed by atoms with Gasteiger partial charge in [0.1, 0.15) is 5.75 Å². The van der Waals surface area contributed by atoms with Gasteiger partial charge < -0.3 is 19.5 Å².